The van der Waals surface area contributed by atoms with Crippen molar-refractivity contribution in [2.45, 2.75) is 32.6 Å². The molecule has 30 heavy (non-hydrogen) atoms. The van der Waals surface area contributed by atoms with Gasteiger partial charge in [0.1, 0.15) is 16.3 Å². The first-order valence-corrected chi connectivity index (χ1v) is 10.9. The van der Waals surface area contributed by atoms with Gasteiger partial charge in [-0.2, -0.15) is 4.98 Å². The predicted octanol–water partition coefficient (Wildman–Crippen LogP) is 5.68. The summed E-state index contributed by atoms with van der Waals surface area (Å²) in [5, 5.41) is 1.30. The van der Waals surface area contributed by atoms with E-state index in [-0.39, 0.29) is 5.78 Å². The quantitative estimate of drug-likeness (QED) is 0.383. The molecule has 1 aliphatic rings. The Balaban J connectivity index is 1.67. The summed E-state index contributed by atoms with van der Waals surface area (Å²) in [5.41, 5.74) is 2.38. The van der Waals surface area contributed by atoms with Crippen LogP contribution in [0.15, 0.2) is 36.8 Å². The van der Waals surface area contributed by atoms with Gasteiger partial charge in [-0.05, 0) is 56.4 Å². The van der Waals surface area contributed by atoms with Crippen LogP contribution in [0.5, 0.6) is 11.6 Å². The highest BCUT2D eigenvalue weighted by Gasteiger charge is 2.23. The Bertz CT molecular complexity index is 1270. The Morgan fingerprint density at radius 2 is 2.03 bits per heavy atom. The molecule has 0 spiro atoms. The molecule has 0 fully saturated rings. The van der Waals surface area contributed by atoms with Gasteiger partial charge >= 0.3 is 0 Å². The van der Waals surface area contributed by atoms with Crippen LogP contribution in [0.25, 0.3) is 21.7 Å². The van der Waals surface area contributed by atoms with Gasteiger partial charge in [0.15, 0.2) is 11.6 Å². The number of aromatic nitrogens is 4. The van der Waals surface area contributed by atoms with E-state index in [1.807, 2.05) is 0 Å². The molecule has 0 amide bonds. The number of hydrogen-bond acceptors (Lipinski definition) is 7. The molecule has 6 nitrogen and oxygen atoms in total. The number of Topliss-reactive ketones (excluding diaryl/α,β-unsaturated/α-hetero) is 1. The first-order valence-electron chi connectivity index (χ1n) is 9.67. The van der Waals surface area contributed by atoms with Crippen LogP contribution in [0, 0.1) is 0 Å². The monoisotopic (exact) mass is 436 g/mol. The second kappa shape index (κ2) is 7.74. The van der Waals surface area contributed by atoms with E-state index in [0.717, 1.165) is 29.5 Å². The van der Waals surface area contributed by atoms with Crippen LogP contribution in [0.4, 0.5) is 0 Å². The highest BCUT2D eigenvalue weighted by atomic mass is 35.5. The van der Waals surface area contributed by atoms with Crippen molar-refractivity contribution in [1.29, 1.82) is 0 Å². The lowest BCUT2D eigenvalue weighted by molar-refractivity contribution is 0.101. The largest absolute Gasteiger partial charge is 0.437 e. The third kappa shape index (κ3) is 3.44. The van der Waals surface area contributed by atoms with Crippen molar-refractivity contribution in [1.82, 2.24) is 19.9 Å². The fraction of sp³-hybridized carbons (Fsp3) is 0.227. The molecule has 1 aliphatic carbocycles. The minimum Gasteiger partial charge on any atom is -0.437 e. The van der Waals surface area contributed by atoms with Crippen molar-refractivity contribution < 1.29 is 9.53 Å². The number of halogens is 1. The van der Waals surface area contributed by atoms with Gasteiger partial charge < -0.3 is 4.74 Å². The summed E-state index contributed by atoms with van der Waals surface area (Å²) in [7, 11) is 0. The standard InChI is InChI=1S/C22H17ClN4O2S/c1-12(28)13-6-7-17(15(23)10-13)29-21-19-14-4-2-3-5-18(14)30-22(19)27-20(26-21)16-11-24-8-9-25-16/h6-11H,2-5H2,1H3. The van der Waals surface area contributed by atoms with Gasteiger partial charge in [0, 0.05) is 22.8 Å². The Morgan fingerprint density at radius 3 is 2.80 bits per heavy atom. The van der Waals surface area contributed by atoms with Gasteiger partial charge in [0.05, 0.1) is 16.6 Å². The van der Waals surface area contributed by atoms with Crippen molar-refractivity contribution in [3.05, 3.63) is 57.8 Å². The van der Waals surface area contributed by atoms with E-state index in [9.17, 15) is 4.79 Å². The Morgan fingerprint density at radius 1 is 1.17 bits per heavy atom. The summed E-state index contributed by atoms with van der Waals surface area (Å²) in [4.78, 5) is 31.8. The molecule has 0 radical (unpaired) electrons. The van der Waals surface area contributed by atoms with Crippen LogP contribution in [0.3, 0.4) is 0 Å². The SMILES string of the molecule is CC(=O)c1ccc(Oc2nc(-c3cnccn3)nc3sc4c(c23)CCCC4)c(Cl)c1. The molecule has 3 aromatic heterocycles. The number of benzene rings is 1. The number of carbonyl (C=O) groups is 1. The third-order valence-corrected chi connectivity index (χ3v) is 6.60. The van der Waals surface area contributed by atoms with Gasteiger partial charge in [-0.25, -0.2) is 9.97 Å². The maximum atomic E-state index is 11.6. The van der Waals surface area contributed by atoms with Gasteiger partial charge in [0.2, 0.25) is 5.88 Å². The molecule has 8 heteroatoms. The summed E-state index contributed by atoms with van der Waals surface area (Å²) in [6, 6.07) is 5.02. The highest BCUT2D eigenvalue weighted by Crippen LogP contribution is 2.42. The van der Waals surface area contributed by atoms with E-state index in [2.05, 4.69) is 9.97 Å². The molecule has 0 bridgehead atoms. The molecule has 1 aromatic carbocycles. The lowest BCUT2D eigenvalue weighted by atomic mass is 9.97. The molecule has 4 aromatic rings. The Hall–Kier alpha value is -2.90. The molecule has 0 saturated carbocycles. The smallest absolute Gasteiger partial charge is 0.232 e. The van der Waals surface area contributed by atoms with Crippen molar-refractivity contribution in [3.8, 4) is 23.1 Å². The van der Waals surface area contributed by atoms with Crippen molar-refractivity contribution in [3.63, 3.8) is 0 Å². The minimum atomic E-state index is -0.0512. The minimum absolute atomic E-state index is 0.0512. The van der Waals surface area contributed by atoms with E-state index in [4.69, 9.17) is 26.3 Å². The number of carbonyl (C=O) groups excluding carboxylic acids is 1. The summed E-state index contributed by atoms with van der Waals surface area (Å²) >= 11 is 8.10. The van der Waals surface area contributed by atoms with E-state index in [1.54, 1.807) is 48.1 Å². The van der Waals surface area contributed by atoms with Gasteiger partial charge in [0.25, 0.3) is 0 Å². The number of thiophene rings is 1. The van der Waals surface area contributed by atoms with Gasteiger partial charge in [-0.15, -0.1) is 11.3 Å². The second-order valence-corrected chi connectivity index (χ2v) is 8.63. The van der Waals surface area contributed by atoms with Crippen molar-refractivity contribution >= 4 is 38.9 Å². The van der Waals surface area contributed by atoms with Crippen LogP contribution in [0.1, 0.15) is 40.6 Å². The first kappa shape index (κ1) is 19.1. The number of rotatable bonds is 4. The molecule has 0 unspecified atom stereocenters. The number of hydrogen-bond donors (Lipinski definition) is 0. The topological polar surface area (TPSA) is 77.9 Å². The normalized spacial score (nSPS) is 13.3. The van der Waals surface area contributed by atoms with Crippen LogP contribution in [-0.4, -0.2) is 25.7 Å². The zero-order chi connectivity index (χ0) is 20.7. The summed E-state index contributed by atoms with van der Waals surface area (Å²) in [5.74, 6) is 1.31. The Labute approximate surface area is 182 Å². The molecule has 0 N–H and O–H groups in total. The van der Waals surface area contributed by atoms with Crippen LogP contribution in [0.2, 0.25) is 5.02 Å². The van der Waals surface area contributed by atoms with E-state index in [1.165, 1.54) is 23.8 Å². The molecule has 0 saturated heterocycles. The van der Waals surface area contributed by atoms with Gasteiger partial charge in [-0.1, -0.05) is 11.6 Å². The summed E-state index contributed by atoms with van der Waals surface area (Å²) in [6.45, 7) is 1.50. The van der Waals surface area contributed by atoms with Crippen LogP contribution >= 0.6 is 22.9 Å². The fourth-order valence-corrected chi connectivity index (χ4v) is 5.10. The third-order valence-electron chi connectivity index (χ3n) is 5.12. The fourth-order valence-electron chi connectivity index (χ4n) is 3.63. The summed E-state index contributed by atoms with van der Waals surface area (Å²) < 4.78 is 6.21. The molecule has 3 heterocycles. The average molecular weight is 437 g/mol. The molecule has 150 valence electrons. The van der Waals surface area contributed by atoms with E-state index >= 15 is 0 Å². The molecular weight excluding hydrogens is 420 g/mol. The van der Waals surface area contributed by atoms with Crippen LogP contribution in [-0.2, 0) is 12.8 Å². The number of nitrogens with zero attached hydrogens (tertiary/aromatic N) is 4. The van der Waals surface area contributed by atoms with Gasteiger partial charge in [-0.3, -0.25) is 9.78 Å². The first-order chi connectivity index (χ1) is 14.6. The zero-order valence-corrected chi connectivity index (χ0v) is 17.8. The van der Waals surface area contributed by atoms with E-state index < -0.39 is 0 Å². The predicted molar refractivity (Wildman–Crippen MR) is 117 cm³/mol. The maximum Gasteiger partial charge on any atom is 0.232 e. The number of aryl methyl sites for hydroxylation is 2. The lowest BCUT2D eigenvalue weighted by Gasteiger charge is -2.13. The number of ether oxygens (including phenoxy) is 1. The number of fused-ring (bicyclic) bond motifs is 3. The Kier molecular flexibility index (Phi) is 4.92. The zero-order valence-electron chi connectivity index (χ0n) is 16.2. The lowest BCUT2D eigenvalue weighted by Crippen LogP contribution is -2.01. The average Bonchev–Trinajstić information content (AvgIpc) is 3.14. The maximum absolute atomic E-state index is 11.6. The highest BCUT2D eigenvalue weighted by molar-refractivity contribution is 7.18. The van der Waals surface area contributed by atoms with Crippen molar-refractivity contribution in [2.24, 2.45) is 0 Å². The van der Waals surface area contributed by atoms with Crippen LogP contribution < -0.4 is 4.74 Å². The molecule has 5 rings (SSSR count). The summed E-state index contributed by atoms with van der Waals surface area (Å²) in [6.07, 6.45) is 9.20. The van der Waals surface area contributed by atoms with Crippen molar-refractivity contribution in [2.75, 3.05) is 0 Å². The number of ketones is 1. The second-order valence-electron chi connectivity index (χ2n) is 7.14. The molecule has 0 atom stereocenters. The molecular formula is C22H17ClN4O2S. The molecule has 0 aliphatic heterocycles. The van der Waals surface area contributed by atoms with E-state index in [0.29, 0.717) is 33.7 Å².